The smallest absolute Gasteiger partial charge is 0.254 e. The normalized spacial score (nSPS) is 17.1. The Labute approximate surface area is 242 Å². The molecule has 0 spiro atoms. The van der Waals surface area contributed by atoms with E-state index in [9.17, 15) is 4.79 Å². The predicted octanol–water partition coefficient (Wildman–Crippen LogP) is 5.86. The maximum atomic E-state index is 13.8. The minimum atomic E-state index is 0.115. The number of piperazine rings is 1. The molecule has 1 aromatic carbocycles. The quantitative estimate of drug-likeness (QED) is 0.245. The molecule has 0 aliphatic carbocycles. The number of benzene rings is 1. The highest BCUT2D eigenvalue weighted by Gasteiger charge is 2.28. The number of pyridine rings is 1. The molecule has 3 heterocycles. The Hall–Kier alpha value is -2.97. The molecular formula is C30H39ClN6OS. The summed E-state index contributed by atoms with van der Waals surface area (Å²) in [5, 5.41) is 5.33. The number of piperidine rings is 1. The molecule has 39 heavy (non-hydrogen) atoms. The van der Waals surface area contributed by atoms with Gasteiger partial charge in [0.1, 0.15) is 10.8 Å². The highest BCUT2D eigenvalue weighted by atomic mass is 35.5. The van der Waals surface area contributed by atoms with Crippen LogP contribution >= 0.6 is 23.4 Å². The van der Waals surface area contributed by atoms with E-state index in [1.165, 1.54) is 0 Å². The summed E-state index contributed by atoms with van der Waals surface area (Å²) < 4.78 is 0. The summed E-state index contributed by atoms with van der Waals surface area (Å²) in [5.41, 5.74) is 6.26. The van der Waals surface area contributed by atoms with Crippen molar-refractivity contribution in [2.45, 2.75) is 44.7 Å². The molecule has 4 rings (SSSR count). The van der Waals surface area contributed by atoms with Gasteiger partial charge in [0.25, 0.3) is 5.91 Å². The second-order valence-electron chi connectivity index (χ2n) is 10.1. The van der Waals surface area contributed by atoms with Gasteiger partial charge in [0.15, 0.2) is 0 Å². The number of aliphatic imine (C=N–C) groups is 1. The lowest BCUT2D eigenvalue weighted by Crippen LogP contribution is -2.49. The summed E-state index contributed by atoms with van der Waals surface area (Å²) in [7, 11) is 0. The number of anilines is 2. The number of rotatable bonds is 8. The summed E-state index contributed by atoms with van der Waals surface area (Å²) in [5.74, 6) is 0.804. The number of halogens is 1. The van der Waals surface area contributed by atoms with E-state index in [1.54, 1.807) is 17.8 Å². The van der Waals surface area contributed by atoms with Crippen molar-refractivity contribution < 1.29 is 4.79 Å². The van der Waals surface area contributed by atoms with Gasteiger partial charge in [-0.3, -0.25) is 4.79 Å². The van der Waals surface area contributed by atoms with Gasteiger partial charge >= 0.3 is 0 Å². The van der Waals surface area contributed by atoms with Crippen LogP contribution in [0.3, 0.4) is 0 Å². The minimum absolute atomic E-state index is 0.115. The molecule has 2 aromatic rings. The zero-order chi connectivity index (χ0) is 28.1. The molecule has 7 nitrogen and oxygen atoms in total. The van der Waals surface area contributed by atoms with Crippen LogP contribution < -0.4 is 10.2 Å². The van der Waals surface area contributed by atoms with Gasteiger partial charge in [-0.2, -0.15) is 0 Å². The van der Waals surface area contributed by atoms with Crippen LogP contribution in [0, 0.1) is 20.8 Å². The van der Waals surface area contributed by atoms with Crippen molar-refractivity contribution in [2.24, 2.45) is 4.99 Å². The Balaban J connectivity index is 1.45. The van der Waals surface area contributed by atoms with Crippen LogP contribution in [0.1, 0.15) is 39.9 Å². The van der Waals surface area contributed by atoms with Crippen molar-refractivity contribution in [1.82, 2.24) is 14.8 Å². The first-order chi connectivity index (χ1) is 18.8. The van der Waals surface area contributed by atoms with Gasteiger partial charge in [0.05, 0.1) is 10.7 Å². The number of nitrogens with zero attached hydrogens (tertiary/aromatic N) is 5. The zero-order valence-corrected chi connectivity index (χ0v) is 25.0. The van der Waals surface area contributed by atoms with Gasteiger partial charge in [-0.05, 0) is 81.5 Å². The Kier molecular flexibility index (Phi) is 9.62. The van der Waals surface area contributed by atoms with E-state index in [0.717, 1.165) is 77.7 Å². The summed E-state index contributed by atoms with van der Waals surface area (Å²) in [6, 6.07) is 6.53. The van der Waals surface area contributed by atoms with E-state index in [-0.39, 0.29) is 5.91 Å². The lowest BCUT2D eigenvalue weighted by molar-refractivity contribution is 0.0745. The maximum absolute atomic E-state index is 13.8. The fourth-order valence-corrected chi connectivity index (χ4v) is 6.44. The molecule has 2 fully saturated rings. The van der Waals surface area contributed by atoms with Crippen molar-refractivity contribution in [3.8, 4) is 0 Å². The zero-order valence-electron chi connectivity index (χ0n) is 23.5. The van der Waals surface area contributed by atoms with E-state index in [4.69, 9.17) is 11.6 Å². The average molecular weight is 567 g/mol. The molecule has 0 saturated carbocycles. The van der Waals surface area contributed by atoms with Crippen LogP contribution in [0.4, 0.5) is 11.4 Å². The average Bonchev–Trinajstić information content (AvgIpc) is 2.96. The number of hydrogen-bond acceptors (Lipinski definition) is 7. The number of nitrogens with one attached hydrogen (secondary N) is 1. The number of hydrogen-bond donors (Lipinski definition) is 1. The molecule has 2 saturated heterocycles. The number of carbonyl (C=O) groups is 1. The van der Waals surface area contributed by atoms with Crippen LogP contribution in [0.15, 0.2) is 57.9 Å². The standard InChI is InChI=1S/C30H39ClN6OS/c1-7-24(31)28(32-5)36-13-10-23(11-14-36)34-27-21(3)19-20(2)26(22(27)4)30(38)37-17-15-35(16-18-37)25-9-8-12-33-29(25)39-6/h7-9,12,19,23,34H,1,5,10-11,13-18H2,2-4,6H3/b28-24-. The first-order valence-electron chi connectivity index (χ1n) is 13.4. The topological polar surface area (TPSA) is 64.1 Å². The third-order valence-corrected chi connectivity index (χ3v) is 8.75. The Bertz CT molecular complexity index is 1260. The largest absolute Gasteiger partial charge is 0.382 e. The Morgan fingerprint density at radius 1 is 1.13 bits per heavy atom. The summed E-state index contributed by atoms with van der Waals surface area (Å²) in [6.45, 7) is 18.3. The van der Waals surface area contributed by atoms with Gasteiger partial charge in [0.2, 0.25) is 0 Å². The Morgan fingerprint density at radius 3 is 2.44 bits per heavy atom. The van der Waals surface area contributed by atoms with E-state index < -0.39 is 0 Å². The Morgan fingerprint density at radius 2 is 1.82 bits per heavy atom. The van der Waals surface area contributed by atoms with Crippen LogP contribution in [-0.2, 0) is 0 Å². The van der Waals surface area contributed by atoms with E-state index in [0.29, 0.717) is 30.0 Å². The molecule has 9 heteroatoms. The van der Waals surface area contributed by atoms with Gasteiger partial charge in [0, 0.05) is 62.8 Å². The van der Waals surface area contributed by atoms with Crippen molar-refractivity contribution >= 4 is 47.4 Å². The lowest BCUT2D eigenvalue weighted by atomic mass is 9.94. The maximum Gasteiger partial charge on any atom is 0.254 e. The van der Waals surface area contributed by atoms with Crippen LogP contribution in [-0.4, -0.2) is 79.0 Å². The monoisotopic (exact) mass is 566 g/mol. The number of carbonyl (C=O) groups excluding carboxylic acids is 1. The highest BCUT2D eigenvalue weighted by Crippen LogP contribution is 2.32. The number of amides is 1. The van der Waals surface area contributed by atoms with E-state index in [1.807, 2.05) is 24.1 Å². The van der Waals surface area contributed by atoms with Gasteiger partial charge in [-0.1, -0.05) is 24.2 Å². The highest BCUT2D eigenvalue weighted by molar-refractivity contribution is 7.98. The molecule has 0 atom stereocenters. The molecular weight excluding hydrogens is 528 g/mol. The SMILES string of the molecule is C=C/C(Cl)=C(\N=C)N1CCC(Nc2c(C)cc(C)c(C(=O)N3CCN(c4cccnc4SC)CC3)c2C)CC1. The number of aromatic nitrogens is 1. The lowest BCUT2D eigenvalue weighted by Gasteiger charge is -2.37. The van der Waals surface area contributed by atoms with Crippen LogP contribution in [0.5, 0.6) is 0 Å². The molecule has 1 amide bonds. The summed E-state index contributed by atoms with van der Waals surface area (Å²) in [6.07, 6.45) is 7.36. The number of likely N-dealkylation sites (tertiary alicyclic amines) is 1. The second-order valence-corrected chi connectivity index (χ2v) is 11.3. The molecule has 2 aliphatic rings. The molecule has 0 radical (unpaired) electrons. The fraction of sp³-hybridized carbons (Fsp3) is 0.433. The third kappa shape index (κ3) is 6.28. The van der Waals surface area contributed by atoms with Gasteiger partial charge in [-0.25, -0.2) is 9.98 Å². The molecule has 2 aliphatic heterocycles. The third-order valence-electron chi connectivity index (χ3n) is 7.72. The first-order valence-corrected chi connectivity index (χ1v) is 15.0. The van der Waals surface area contributed by atoms with Crippen molar-refractivity contribution in [3.63, 3.8) is 0 Å². The fourth-order valence-electron chi connectivity index (χ4n) is 5.68. The predicted molar refractivity (Wildman–Crippen MR) is 166 cm³/mol. The van der Waals surface area contributed by atoms with Gasteiger partial charge < -0.3 is 20.0 Å². The van der Waals surface area contributed by atoms with Crippen LogP contribution in [0.25, 0.3) is 0 Å². The summed E-state index contributed by atoms with van der Waals surface area (Å²) >= 11 is 7.94. The first kappa shape index (κ1) is 29.0. The molecule has 1 aromatic heterocycles. The molecule has 1 N–H and O–H groups in total. The van der Waals surface area contributed by atoms with E-state index >= 15 is 0 Å². The second kappa shape index (κ2) is 12.9. The van der Waals surface area contributed by atoms with E-state index in [2.05, 4.69) is 70.6 Å². The molecule has 0 unspecified atom stereocenters. The van der Waals surface area contributed by atoms with Gasteiger partial charge in [-0.15, -0.1) is 11.8 Å². The van der Waals surface area contributed by atoms with Crippen LogP contribution in [0.2, 0.25) is 0 Å². The number of aryl methyl sites for hydroxylation is 2. The number of allylic oxidation sites excluding steroid dienone is 2. The van der Waals surface area contributed by atoms with Crippen molar-refractivity contribution in [1.29, 1.82) is 0 Å². The minimum Gasteiger partial charge on any atom is -0.382 e. The summed E-state index contributed by atoms with van der Waals surface area (Å²) in [4.78, 5) is 28.9. The number of thioether (sulfide) groups is 1. The molecule has 208 valence electrons. The van der Waals surface area contributed by atoms with Crippen molar-refractivity contribution in [2.75, 3.05) is 55.7 Å². The molecule has 0 bridgehead atoms. The van der Waals surface area contributed by atoms with Crippen molar-refractivity contribution in [3.05, 3.63) is 70.2 Å².